The maximum absolute atomic E-state index is 11.8. The number of aromatic nitrogens is 2. The van der Waals surface area contributed by atoms with Gasteiger partial charge in [0.1, 0.15) is 0 Å². The Kier molecular flexibility index (Phi) is 3.07. The molecule has 17 heavy (non-hydrogen) atoms. The Morgan fingerprint density at radius 1 is 1.24 bits per heavy atom. The van der Waals surface area contributed by atoms with Crippen LogP contribution in [-0.2, 0) is 14.1 Å². The highest BCUT2D eigenvalue weighted by molar-refractivity contribution is 5.77. The summed E-state index contributed by atoms with van der Waals surface area (Å²) in [6, 6.07) is 6.55. The van der Waals surface area contributed by atoms with Crippen LogP contribution in [0.1, 0.15) is 24.9 Å². The second-order valence-corrected chi connectivity index (χ2v) is 4.40. The molecule has 1 unspecified atom stereocenters. The number of hydrogen-bond acceptors (Lipinski definition) is 2. The maximum atomic E-state index is 11.8. The SMILES string of the molecule is CCC(NC)c1ccc2c(c1)n(C)c(=O)n2C. The molecule has 4 heteroatoms. The molecule has 92 valence electrons. The third-order valence-electron chi connectivity index (χ3n) is 3.46. The fraction of sp³-hybridized carbons (Fsp3) is 0.462. The maximum Gasteiger partial charge on any atom is 0.328 e. The van der Waals surface area contributed by atoms with Crippen molar-refractivity contribution in [3.05, 3.63) is 34.2 Å². The molecule has 0 aliphatic heterocycles. The fourth-order valence-corrected chi connectivity index (χ4v) is 2.35. The number of imidazole rings is 1. The van der Waals surface area contributed by atoms with Crippen molar-refractivity contribution >= 4 is 11.0 Å². The number of nitrogens with zero attached hydrogens (tertiary/aromatic N) is 2. The van der Waals surface area contributed by atoms with Crippen LogP contribution < -0.4 is 11.0 Å². The van der Waals surface area contributed by atoms with E-state index in [-0.39, 0.29) is 5.69 Å². The summed E-state index contributed by atoms with van der Waals surface area (Å²) in [6.45, 7) is 2.15. The molecule has 0 bridgehead atoms. The zero-order chi connectivity index (χ0) is 12.6. The van der Waals surface area contributed by atoms with Gasteiger partial charge in [0.05, 0.1) is 11.0 Å². The Hall–Kier alpha value is -1.55. The van der Waals surface area contributed by atoms with E-state index < -0.39 is 0 Å². The van der Waals surface area contributed by atoms with E-state index >= 15 is 0 Å². The number of benzene rings is 1. The van der Waals surface area contributed by atoms with Crippen LogP contribution in [0, 0.1) is 0 Å². The van der Waals surface area contributed by atoms with E-state index in [1.54, 1.807) is 16.2 Å². The van der Waals surface area contributed by atoms with Crippen molar-refractivity contribution in [2.75, 3.05) is 7.05 Å². The molecule has 0 aliphatic carbocycles. The predicted octanol–water partition coefficient (Wildman–Crippen LogP) is 1.55. The van der Waals surface area contributed by atoms with Crippen molar-refractivity contribution in [3.63, 3.8) is 0 Å². The Morgan fingerprint density at radius 3 is 2.47 bits per heavy atom. The van der Waals surface area contributed by atoms with Gasteiger partial charge in [-0.15, -0.1) is 0 Å². The molecule has 1 aromatic heterocycles. The van der Waals surface area contributed by atoms with Crippen molar-refractivity contribution < 1.29 is 0 Å². The molecule has 2 aromatic rings. The van der Waals surface area contributed by atoms with Crippen molar-refractivity contribution in [3.8, 4) is 0 Å². The van der Waals surface area contributed by atoms with Crippen LogP contribution in [0.2, 0.25) is 0 Å². The Labute approximate surface area is 101 Å². The molecule has 2 rings (SSSR count). The van der Waals surface area contributed by atoms with Gasteiger partial charge in [0.2, 0.25) is 0 Å². The Balaban J connectivity index is 2.65. The lowest BCUT2D eigenvalue weighted by molar-refractivity contribution is 0.577. The van der Waals surface area contributed by atoms with Gasteiger partial charge in [-0.3, -0.25) is 9.13 Å². The number of fused-ring (bicyclic) bond motifs is 1. The minimum atomic E-state index is 0.0228. The Morgan fingerprint density at radius 2 is 1.88 bits per heavy atom. The fourth-order valence-electron chi connectivity index (χ4n) is 2.35. The second-order valence-electron chi connectivity index (χ2n) is 4.40. The van der Waals surface area contributed by atoms with Gasteiger partial charge in [0.15, 0.2) is 0 Å². The third-order valence-corrected chi connectivity index (χ3v) is 3.46. The molecule has 1 heterocycles. The van der Waals surface area contributed by atoms with Crippen molar-refractivity contribution in [1.29, 1.82) is 0 Å². The zero-order valence-corrected chi connectivity index (χ0v) is 10.8. The Bertz CT molecular complexity index is 590. The lowest BCUT2D eigenvalue weighted by atomic mass is 10.0. The number of aryl methyl sites for hydroxylation is 2. The second kappa shape index (κ2) is 4.37. The van der Waals surface area contributed by atoms with E-state index in [0.717, 1.165) is 17.5 Å². The van der Waals surface area contributed by atoms with Crippen LogP contribution in [-0.4, -0.2) is 16.2 Å². The summed E-state index contributed by atoms with van der Waals surface area (Å²) >= 11 is 0. The van der Waals surface area contributed by atoms with Crippen LogP contribution >= 0.6 is 0 Å². The van der Waals surface area contributed by atoms with Gasteiger partial charge in [0, 0.05) is 20.1 Å². The van der Waals surface area contributed by atoms with Crippen LogP contribution in [0.3, 0.4) is 0 Å². The van der Waals surface area contributed by atoms with E-state index in [1.807, 2.05) is 20.2 Å². The first-order chi connectivity index (χ1) is 8.10. The minimum absolute atomic E-state index is 0.0228. The highest BCUT2D eigenvalue weighted by atomic mass is 16.1. The third kappa shape index (κ3) is 1.78. The first-order valence-corrected chi connectivity index (χ1v) is 5.92. The highest BCUT2D eigenvalue weighted by Crippen LogP contribution is 2.21. The molecule has 4 nitrogen and oxygen atoms in total. The van der Waals surface area contributed by atoms with Crippen molar-refractivity contribution in [2.45, 2.75) is 19.4 Å². The minimum Gasteiger partial charge on any atom is -0.313 e. The van der Waals surface area contributed by atoms with E-state index in [1.165, 1.54) is 5.56 Å². The summed E-state index contributed by atoms with van der Waals surface area (Å²) in [6.07, 6.45) is 1.03. The molecule has 0 fully saturated rings. The number of rotatable bonds is 3. The quantitative estimate of drug-likeness (QED) is 0.873. The first kappa shape index (κ1) is 11.9. The summed E-state index contributed by atoms with van der Waals surface area (Å²) in [4.78, 5) is 11.8. The van der Waals surface area contributed by atoms with Gasteiger partial charge in [-0.05, 0) is 31.2 Å². The molecule has 1 aromatic carbocycles. The van der Waals surface area contributed by atoms with E-state index in [0.29, 0.717) is 6.04 Å². The van der Waals surface area contributed by atoms with Crippen LogP contribution in [0.15, 0.2) is 23.0 Å². The van der Waals surface area contributed by atoms with Crippen molar-refractivity contribution in [2.24, 2.45) is 14.1 Å². The van der Waals surface area contributed by atoms with Gasteiger partial charge in [-0.1, -0.05) is 13.0 Å². The topological polar surface area (TPSA) is 39.0 Å². The lowest BCUT2D eigenvalue weighted by Crippen LogP contribution is -2.19. The predicted molar refractivity (Wildman–Crippen MR) is 70.3 cm³/mol. The molecule has 0 radical (unpaired) electrons. The molecule has 0 amide bonds. The van der Waals surface area contributed by atoms with Gasteiger partial charge in [-0.2, -0.15) is 0 Å². The first-order valence-electron chi connectivity index (χ1n) is 5.92. The molecule has 0 spiro atoms. The van der Waals surface area contributed by atoms with E-state index in [4.69, 9.17) is 0 Å². The lowest BCUT2D eigenvalue weighted by Gasteiger charge is -2.14. The molecule has 1 N–H and O–H groups in total. The van der Waals surface area contributed by atoms with Crippen LogP contribution in [0.25, 0.3) is 11.0 Å². The van der Waals surface area contributed by atoms with Gasteiger partial charge in [-0.25, -0.2) is 4.79 Å². The van der Waals surface area contributed by atoms with Crippen LogP contribution in [0.4, 0.5) is 0 Å². The molecule has 0 saturated heterocycles. The van der Waals surface area contributed by atoms with Gasteiger partial charge < -0.3 is 5.32 Å². The van der Waals surface area contributed by atoms with Crippen LogP contribution in [0.5, 0.6) is 0 Å². The van der Waals surface area contributed by atoms with Gasteiger partial charge in [0.25, 0.3) is 0 Å². The standard InChI is InChI=1S/C13H19N3O/c1-5-10(14-2)9-6-7-11-12(8-9)16(4)13(17)15(11)3/h6-8,10,14H,5H2,1-4H3. The summed E-state index contributed by atoms with van der Waals surface area (Å²) < 4.78 is 3.38. The molecule has 0 aliphatic rings. The summed E-state index contributed by atoms with van der Waals surface area (Å²) in [5, 5.41) is 3.28. The van der Waals surface area contributed by atoms with E-state index in [2.05, 4.69) is 24.4 Å². The molecular weight excluding hydrogens is 214 g/mol. The zero-order valence-electron chi connectivity index (χ0n) is 10.8. The smallest absolute Gasteiger partial charge is 0.313 e. The average molecular weight is 233 g/mol. The monoisotopic (exact) mass is 233 g/mol. The molecule has 0 saturated carbocycles. The highest BCUT2D eigenvalue weighted by Gasteiger charge is 2.11. The summed E-state index contributed by atoms with van der Waals surface area (Å²) in [5.74, 6) is 0. The summed E-state index contributed by atoms with van der Waals surface area (Å²) in [5.41, 5.74) is 3.22. The van der Waals surface area contributed by atoms with Gasteiger partial charge >= 0.3 is 5.69 Å². The largest absolute Gasteiger partial charge is 0.328 e. The van der Waals surface area contributed by atoms with E-state index in [9.17, 15) is 4.79 Å². The van der Waals surface area contributed by atoms with Crippen molar-refractivity contribution in [1.82, 2.24) is 14.5 Å². The average Bonchev–Trinajstić information content (AvgIpc) is 2.56. The normalized spacial score (nSPS) is 13.2. The summed E-state index contributed by atoms with van der Waals surface area (Å²) in [7, 11) is 5.58. The molecule has 1 atom stereocenters. The number of nitrogens with one attached hydrogen (secondary N) is 1. The number of hydrogen-bond donors (Lipinski definition) is 1. The molecular formula is C13H19N3O.